The lowest BCUT2D eigenvalue weighted by Gasteiger charge is -2.20. The molecule has 1 heterocycles. The van der Waals surface area contributed by atoms with Gasteiger partial charge in [-0.25, -0.2) is 4.39 Å². The molecule has 1 N–H and O–H groups in total. The van der Waals surface area contributed by atoms with Crippen LogP contribution in [0.4, 0.5) is 4.39 Å². The molecule has 0 aromatic heterocycles. The minimum Gasteiger partial charge on any atom is -0.309 e. The third kappa shape index (κ3) is 1.39. The molecule has 1 aromatic rings. The Labute approximate surface area is 79.1 Å². The summed E-state index contributed by atoms with van der Waals surface area (Å²) >= 11 is 3.33. The molecule has 1 atom stereocenters. The van der Waals surface area contributed by atoms with Crippen molar-refractivity contribution in [3.63, 3.8) is 0 Å². The molecule has 12 heavy (non-hydrogen) atoms. The highest BCUT2D eigenvalue weighted by Gasteiger charge is 2.18. The number of alkyl halides is 1. The van der Waals surface area contributed by atoms with E-state index in [2.05, 4.69) is 21.2 Å². The summed E-state index contributed by atoms with van der Waals surface area (Å²) in [5.41, 5.74) is 1.89. The first-order valence-corrected chi connectivity index (χ1v) is 4.70. The Morgan fingerprint density at radius 2 is 2.33 bits per heavy atom. The van der Waals surface area contributed by atoms with E-state index in [0.717, 1.165) is 22.1 Å². The van der Waals surface area contributed by atoms with Crippen LogP contribution in [0.25, 0.3) is 0 Å². The Hall–Kier alpha value is -0.410. The molecule has 0 aliphatic carbocycles. The zero-order chi connectivity index (χ0) is 8.55. The van der Waals surface area contributed by atoms with Crippen molar-refractivity contribution in [2.45, 2.75) is 12.7 Å². The van der Waals surface area contributed by atoms with Gasteiger partial charge in [-0.1, -0.05) is 22.0 Å². The summed E-state index contributed by atoms with van der Waals surface area (Å²) in [6.07, 6.45) is -0.855. The van der Waals surface area contributed by atoms with Gasteiger partial charge >= 0.3 is 0 Å². The molecule has 2 rings (SSSR count). The third-order valence-electron chi connectivity index (χ3n) is 2.08. The summed E-state index contributed by atoms with van der Waals surface area (Å²) < 4.78 is 14.2. The van der Waals surface area contributed by atoms with Crippen LogP contribution in [0.2, 0.25) is 0 Å². The standard InChI is InChI=1S/C9H9BrFN/c10-7-2-1-6-4-12-5-9(11)8(6)3-7/h1-3,9,12H,4-5H2/t9-/m1/s1. The zero-order valence-corrected chi connectivity index (χ0v) is 8.07. The van der Waals surface area contributed by atoms with Gasteiger partial charge in [-0.15, -0.1) is 0 Å². The van der Waals surface area contributed by atoms with Crippen LogP contribution in [-0.2, 0) is 6.54 Å². The molecular weight excluding hydrogens is 221 g/mol. The van der Waals surface area contributed by atoms with E-state index in [1.807, 2.05) is 18.2 Å². The molecular formula is C9H9BrFN. The first-order chi connectivity index (χ1) is 5.77. The fourth-order valence-corrected chi connectivity index (χ4v) is 1.84. The highest BCUT2D eigenvalue weighted by atomic mass is 79.9. The molecule has 0 saturated carbocycles. The number of fused-ring (bicyclic) bond motifs is 1. The number of nitrogens with one attached hydrogen (secondary N) is 1. The molecule has 1 aromatic carbocycles. The topological polar surface area (TPSA) is 12.0 Å². The first-order valence-electron chi connectivity index (χ1n) is 3.90. The van der Waals surface area contributed by atoms with E-state index in [1.54, 1.807) is 0 Å². The van der Waals surface area contributed by atoms with E-state index in [1.165, 1.54) is 0 Å². The fourth-order valence-electron chi connectivity index (χ4n) is 1.46. The Balaban J connectivity index is 2.47. The average molecular weight is 230 g/mol. The second-order valence-electron chi connectivity index (χ2n) is 2.94. The highest BCUT2D eigenvalue weighted by molar-refractivity contribution is 9.10. The molecule has 0 bridgehead atoms. The lowest BCUT2D eigenvalue weighted by Crippen LogP contribution is -2.25. The summed E-state index contributed by atoms with van der Waals surface area (Å²) in [6, 6.07) is 5.76. The Kier molecular flexibility index (Phi) is 2.15. The van der Waals surface area contributed by atoms with E-state index in [4.69, 9.17) is 0 Å². The SMILES string of the molecule is F[C@@H]1CNCc2ccc(Br)cc21. The maximum atomic E-state index is 13.3. The van der Waals surface area contributed by atoms with Gasteiger partial charge in [0.25, 0.3) is 0 Å². The van der Waals surface area contributed by atoms with Gasteiger partial charge in [-0.05, 0) is 23.3 Å². The van der Waals surface area contributed by atoms with Crippen molar-refractivity contribution in [1.82, 2.24) is 5.32 Å². The quantitative estimate of drug-likeness (QED) is 0.722. The number of halogens is 2. The Bertz CT molecular complexity index is 301. The Morgan fingerprint density at radius 1 is 1.50 bits per heavy atom. The largest absolute Gasteiger partial charge is 0.309 e. The molecule has 0 saturated heterocycles. The lowest BCUT2D eigenvalue weighted by atomic mass is 10.0. The summed E-state index contributed by atoms with van der Waals surface area (Å²) in [7, 11) is 0. The fraction of sp³-hybridized carbons (Fsp3) is 0.333. The van der Waals surface area contributed by atoms with Gasteiger partial charge in [0.15, 0.2) is 0 Å². The maximum Gasteiger partial charge on any atom is 0.138 e. The number of rotatable bonds is 0. The highest BCUT2D eigenvalue weighted by Crippen LogP contribution is 2.27. The van der Waals surface area contributed by atoms with Gasteiger partial charge in [0.05, 0.1) is 0 Å². The summed E-state index contributed by atoms with van der Waals surface area (Å²) in [5.74, 6) is 0. The molecule has 64 valence electrons. The maximum absolute atomic E-state index is 13.3. The molecule has 1 aliphatic rings. The van der Waals surface area contributed by atoms with Crippen molar-refractivity contribution in [1.29, 1.82) is 0 Å². The van der Waals surface area contributed by atoms with Crippen molar-refractivity contribution in [2.24, 2.45) is 0 Å². The van der Waals surface area contributed by atoms with Gasteiger partial charge in [-0.2, -0.15) is 0 Å². The normalized spacial score (nSPS) is 22.0. The molecule has 0 amide bonds. The van der Waals surface area contributed by atoms with Crippen LogP contribution < -0.4 is 5.32 Å². The number of hydrogen-bond acceptors (Lipinski definition) is 1. The smallest absolute Gasteiger partial charge is 0.138 e. The average Bonchev–Trinajstić information content (AvgIpc) is 2.07. The van der Waals surface area contributed by atoms with E-state index in [0.29, 0.717) is 6.54 Å². The van der Waals surface area contributed by atoms with Crippen LogP contribution in [0.3, 0.4) is 0 Å². The minimum absolute atomic E-state index is 0.434. The minimum atomic E-state index is -0.855. The van der Waals surface area contributed by atoms with Gasteiger partial charge in [0, 0.05) is 17.6 Å². The van der Waals surface area contributed by atoms with Gasteiger partial charge in [0.1, 0.15) is 6.17 Å². The van der Waals surface area contributed by atoms with Crippen LogP contribution in [0.5, 0.6) is 0 Å². The number of benzene rings is 1. The molecule has 1 nitrogen and oxygen atoms in total. The predicted octanol–water partition coefficient (Wildman–Crippen LogP) is 2.56. The second-order valence-corrected chi connectivity index (χ2v) is 3.86. The monoisotopic (exact) mass is 229 g/mol. The van der Waals surface area contributed by atoms with Crippen LogP contribution in [-0.4, -0.2) is 6.54 Å². The van der Waals surface area contributed by atoms with Crippen molar-refractivity contribution >= 4 is 15.9 Å². The lowest BCUT2D eigenvalue weighted by molar-refractivity contribution is 0.310. The van der Waals surface area contributed by atoms with Crippen LogP contribution >= 0.6 is 15.9 Å². The van der Waals surface area contributed by atoms with Crippen molar-refractivity contribution in [3.05, 3.63) is 33.8 Å². The van der Waals surface area contributed by atoms with Crippen LogP contribution in [0, 0.1) is 0 Å². The van der Waals surface area contributed by atoms with E-state index < -0.39 is 6.17 Å². The van der Waals surface area contributed by atoms with Crippen LogP contribution in [0.15, 0.2) is 22.7 Å². The molecule has 0 spiro atoms. The van der Waals surface area contributed by atoms with Gasteiger partial charge < -0.3 is 5.32 Å². The van der Waals surface area contributed by atoms with Crippen molar-refractivity contribution in [2.75, 3.05) is 6.54 Å². The van der Waals surface area contributed by atoms with E-state index in [9.17, 15) is 4.39 Å². The number of hydrogen-bond donors (Lipinski definition) is 1. The van der Waals surface area contributed by atoms with Crippen molar-refractivity contribution < 1.29 is 4.39 Å². The van der Waals surface area contributed by atoms with E-state index in [-0.39, 0.29) is 0 Å². The first kappa shape index (κ1) is 8.20. The second kappa shape index (κ2) is 3.15. The zero-order valence-electron chi connectivity index (χ0n) is 6.48. The molecule has 0 fully saturated rings. The molecule has 0 radical (unpaired) electrons. The summed E-state index contributed by atoms with van der Waals surface area (Å²) in [4.78, 5) is 0. The summed E-state index contributed by atoms with van der Waals surface area (Å²) in [5, 5.41) is 3.02. The molecule has 3 heteroatoms. The van der Waals surface area contributed by atoms with Gasteiger partial charge in [0.2, 0.25) is 0 Å². The van der Waals surface area contributed by atoms with E-state index >= 15 is 0 Å². The molecule has 0 unspecified atom stereocenters. The Morgan fingerprint density at radius 3 is 3.17 bits per heavy atom. The van der Waals surface area contributed by atoms with Crippen LogP contribution in [0.1, 0.15) is 17.3 Å². The predicted molar refractivity (Wildman–Crippen MR) is 49.7 cm³/mol. The van der Waals surface area contributed by atoms with Crippen molar-refractivity contribution in [3.8, 4) is 0 Å². The van der Waals surface area contributed by atoms with Gasteiger partial charge in [-0.3, -0.25) is 0 Å². The third-order valence-corrected chi connectivity index (χ3v) is 2.58. The molecule has 1 aliphatic heterocycles. The summed E-state index contributed by atoms with van der Waals surface area (Å²) in [6.45, 7) is 1.21.